The molecular formula is C17H24ClN3O2. The van der Waals surface area contributed by atoms with E-state index in [4.69, 9.17) is 11.6 Å². The van der Waals surface area contributed by atoms with Gasteiger partial charge in [-0.3, -0.25) is 9.59 Å². The molecule has 0 atom stereocenters. The molecule has 1 aliphatic rings. The molecule has 0 saturated carbocycles. The Balaban J connectivity index is 1.75. The van der Waals surface area contributed by atoms with Gasteiger partial charge in [-0.1, -0.05) is 31.0 Å². The second-order valence-corrected chi connectivity index (χ2v) is 6.16. The average Bonchev–Trinajstić information content (AvgIpc) is 2.58. The molecule has 126 valence electrons. The number of benzene rings is 1. The summed E-state index contributed by atoms with van der Waals surface area (Å²) in [6.07, 6.45) is 2.33. The van der Waals surface area contributed by atoms with Crippen LogP contribution in [0.5, 0.6) is 0 Å². The van der Waals surface area contributed by atoms with Crippen LogP contribution in [0, 0.1) is 0 Å². The topological polar surface area (TPSA) is 52.7 Å². The van der Waals surface area contributed by atoms with Crippen molar-refractivity contribution in [2.75, 3.05) is 37.6 Å². The molecule has 0 unspecified atom stereocenters. The van der Waals surface area contributed by atoms with Crippen LogP contribution in [0.15, 0.2) is 24.3 Å². The van der Waals surface area contributed by atoms with Crippen molar-refractivity contribution in [1.82, 2.24) is 10.2 Å². The van der Waals surface area contributed by atoms with Crippen molar-refractivity contribution < 1.29 is 9.59 Å². The van der Waals surface area contributed by atoms with Gasteiger partial charge in [0.2, 0.25) is 11.8 Å². The zero-order chi connectivity index (χ0) is 16.7. The third-order valence-corrected chi connectivity index (χ3v) is 4.23. The monoisotopic (exact) mass is 337 g/mol. The maximum Gasteiger partial charge on any atom is 0.242 e. The fourth-order valence-corrected chi connectivity index (χ4v) is 2.78. The molecule has 6 heteroatoms. The molecule has 0 aliphatic carbocycles. The fourth-order valence-electron chi connectivity index (χ4n) is 2.60. The summed E-state index contributed by atoms with van der Waals surface area (Å²) in [7, 11) is 0. The lowest BCUT2D eigenvalue weighted by molar-refractivity contribution is -0.133. The van der Waals surface area contributed by atoms with Gasteiger partial charge in [0.25, 0.3) is 0 Å². The summed E-state index contributed by atoms with van der Waals surface area (Å²) in [5, 5.41) is 3.42. The molecule has 0 bridgehead atoms. The Bertz CT molecular complexity index is 542. The SMILES string of the molecule is CCCCC(=O)NCC(=O)N1CCN(c2cccc(Cl)c2)CC1. The zero-order valence-electron chi connectivity index (χ0n) is 13.6. The molecule has 1 N–H and O–H groups in total. The van der Waals surface area contributed by atoms with Crippen LogP contribution in [0.1, 0.15) is 26.2 Å². The van der Waals surface area contributed by atoms with E-state index >= 15 is 0 Å². The summed E-state index contributed by atoms with van der Waals surface area (Å²) in [6, 6.07) is 7.75. The Morgan fingerprint density at radius 1 is 1.22 bits per heavy atom. The Labute approximate surface area is 142 Å². The Morgan fingerprint density at radius 3 is 2.61 bits per heavy atom. The van der Waals surface area contributed by atoms with Crippen LogP contribution < -0.4 is 10.2 Å². The summed E-state index contributed by atoms with van der Waals surface area (Å²) in [5.41, 5.74) is 1.08. The van der Waals surface area contributed by atoms with Gasteiger partial charge < -0.3 is 15.1 Å². The number of hydrogen-bond acceptors (Lipinski definition) is 3. The summed E-state index contributed by atoms with van der Waals surface area (Å²) in [4.78, 5) is 27.7. The fraction of sp³-hybridized carbons (Fsp3) is 0.529. The lowest BCUT2D eigenvalue weighted by Gasteiger charge is -2.36. The number of hydrogen-bond donors (Lipinski definition) is 1. The minimum absolute atomic E-state index is 0.0133. The van der Waals surface area contributed by atoms with Gasteiger partial charge in [-0.2, -0.15) is 0 Å². The van der Waals surface area contributed by atoms with Crippen LogP contribution in [0.25, 0.3) is 0 Å². The molecule has 1 fully saturated rings. The molecule has 0 spiro atoms. The second-order valence-electron chi connectivity index (χ2n) is 5.73. The number of unbranched alkanes of at least 4 members (excludes halogenated alkanes) is 1. The maximum absolute atomic E-state index is 12.1. The molecule has 5 nitrogen and oxygen atoms in total. The van der Waals surface area contributed by atoms with E-state index in [1.54, 1.807) is 4.90 Å². The minimum atomic E-state index is -0.0437. The molecule has 23 heavy (non-hydrogen) atoms. The van der Waals surface area contributed by atoms with E-state index in [0.29, 0.717) is 19.5 Å². The van der Waals surface area contributed by atoms with Crippen molar-refractivity contribution in [3.05, 3.63) is 29.3 Å². The van der Waals surface area contributed by atoms with Gasteiger partial charge in [-0.15, -0.1) is 0 Å². The number of nitrogens with zero attached hydrogens (tertiary/aromatic N) is 2. The lowest BCUT2D eigenvalue weighted by atomic mass is 10.2. The van der Waals surface area contributed by atoms with Crippen LogP contribution in [-0.2, 0) is 9.59 Å². The highest BCUT2D eigenvalue weighted by Crippen LogP contribution is 2.20. The molecule has 0 aromatic heterocycles. The highest BCUT2D eigenvalue weighted by atomic mass is 35.5. The van der Waals surface area contributed by atoms with Crippen molar-refractivity contribution in [3.63, 3.8) is 0 Å². The second kappa shape index (κ2) is 8.77. The first-order valence-corrected chi connectivity index (χ1v) is 8.53. The molecule has 2 rings (SSSR count). The predicted molar refractivity (Wildman–Crippen MR) is 92.8 cm³/mol. The normalized spacial score (nSPS) is 14.7. The first kappa shape index (κ1) is 17.6. The van der Waals surface area contributed by atoms with Crippen molar-refractivity contribution in [3.8, 4) is 0 Å². The molecule has 0 radical (unpaired) electrons. The highest BCUT2D eigenvalue weighted by Gasteiger charge is 2.21. The van der Waals surface area contributed by atoms with E-state index < -0.39 is 0 Å². The van der Waals surface area contributed by atoms with Gasteiger partial charge in [-0.05, 0) is 24.6 Å². The van der Waals surface area contributed by atoms with Crippen molar-refractivity contribution >= 4 is 29.1 Å². The van der Waals surface area contributed by atoms with Crippen LogP contribution in [0.2, 0.25) is 5.02 Å². The van der Waals surface area contributed by atoms with Gasteiger partial charge >= 0.3 is 0 Å². The van der Waals surface area contributed by atoms with Crippen molar-refractivity contribution in [1.29, 1.82) is 0 Å². The van der Waals surface area contributed by atoms with Gasteiger partial charge in [0.15, 0.2) is 0 Å². The van der Waals surface area contributed by atoms with Crippen LogP contribution in [-0.4, -0.2) is 49.4 Å². The number of carbonyl (C=O) groups excluding carboxylic acids is 2. The van der Waals surface area contributed by atoms with Crippen LogP contribution >= 0.6 is 11.6 Å². The molecule has 1 saturated heterocycles. The van der Waals surface area contributed by atoms with Crippen LogP contribution in [0.3, 0.4) is 0 Å². The van der Waals surface area contributed by atoms with E-state index in [0.717, 1.165) is 36.6 Å². The van der Waals surface area contributed by atoms with Crippen molar-refractivity contribution in [2.45, 2.75) is 26.2 Å². The molecule has 2 amide bonds. The summed E-state index contributed by atoms with van der Waals surface area (Å²) >= 11 is 6.02. The van der Waals surface area contributed by atoms with E-state index in [1.165, 1.54) is 0 Å². The number of amides is 2. The summed E-state index contributed by atoms with van der Waals surface area (Å²) in [5.74, 6) is -0.0571. The van der Waals surface area contributed by atoms with Gasteiger partial charge in [0.05, 0.1) is 6.54 Å². The number of carbonyl (C=O) groups is 2. The number of piperazine rings is 1. The van der Waals surface area contributed by atoms with Crippen molar-refractivity contribution in [2.24, 2.45) is 0 Å². The third-order valence-electron chi connectivity index (χ3n) is 4.00. The number of anilines is 1. The Kier molecular flexibility index (Phi) is 6.71. The predicted octanol–water partition coefficient (Wildman–Crippen LogP) is 2.29. The van der Waals surface area contributed by atoms with E-state index in [9.17, 15) is 9.59 Å². The summed E-state index contributed by atoms with van der Waals surface area (Å²) < 4.78 is 0. The Hall–Kier alpha value is -1.75. The molecule has 1 aromatic carbocycles. The molecule has 1 aromatic rings. The summed E-state index contributed by atoms with van der Waals surface area (Å²) in [6.45, 7) is 5.01. The first-order chi connectivity index (χ1) is 11.1. The molecule has 1 heterocycles. The van der Waals surface area contributed by atoms with E-state index in [1.807, 2.05) is 31.2 Å². The van der Waals surface area contributed by atoms with E-state index in [-0.39, 0.29) is 18.4 Å². The number of rotatable bonds is 6. The van der Waals surface area contributed by atoms with Crippen LogP contribution in [0.4, 0.5) is 5.69 Å². The molecular weight excluding hydrogens is 314 g/mol. The number of halogens is 1. The average molecular weight is 338 g/mol. The standard InChI is InChI=1S/C17H24ClN3O2/c1-2-3-7-16(22)19-13-17(23)21-10-8-20(9-11-21)15-6-4-5-14(18)12-15/h4-6,12H,2-3,7-11,13H2,1H3,(H,19,22). The third kappa shape index (κ3) is 5.43. The van der Waals surface area contributed by atoms with Gasteiger partial charge in [0, 0.05) is 43.3 Å². The quantitative estimate of drug-likeness (QED) is 0.866. The lowest BCUT2D eigenvalue weighted by Crippen LogP contribution is -2.51. The maximum atomic E-state index is 12.1. The van der Waals surface area contributed by atoms with Gasteiger partial charge in [-0.25, -0.2) is 0 Å². The first-order valence-electron chi connectivity index (χ1n) is 8.15. The van der Waals surface area contributed by atoms with E-state index in [2.05, 4.69) is 10.2 Å². The Morgan fingerprint density at radius 2 is 1.96 bits per heavy atom. The zero-order valence-corrected chi connectivity index (χ0v) is 14.3. The number of nitrogens with one attached hydrogen (secondary N) is 1. The molecule has 1 aliphatic heterocycles. The highest BCUT2D eigenvalue weighted by molar-refractivity contribution is 6.30. The largest absolute Gasteiger partial charge is 0.368 e. The van der Waals surface area contributed by atoms with Gasteiger partial charge in [0.1, 0.15) is 0 Å². The smallest absolute Gasteiger partial charge is 0.242 e. The minimum Gasteiger partial charge on any atom is -0.368 e.